The van der Waals surface area contributed by atoms with E-state index in [1.165, 1.54) is 12.1 Å². The number of nitrogens with one attached hydrogen (secondary N) is 1. The van der Waals surface area contributed by atoms with Crippen molar-refractivity contribution in [3.05, 3.63) is 59.9 Å². The zero-order valence-corrected chi connectivity index (χ0v) is 13.4. The molecule has 0 bridgehead atoms. The van der Waals surface area contributed by atoms with Gasteiger partial charge in [0.25, 0.3) is 0 Å². The van der Waals surface area contributed by atoms with Gasteiger partial charge in [0.15, 0.2) is 0 Å². The molecule has 6 heteroatoms. The normalized spacial score (nSPS) is 16.5. The molecule has 0 unspecified atom stereocenters. The fourth-order valence-corrected chi connectivity index (χ4v) is 3.09. The van der Waals surface area contributed by atoms with Crippen molar-refractivity contribution in [2.24, 2.45) is 0 Å². The van der Waals surface area contributed by atoms with Gasteiger partial charge in [0.1, 0.15) is 5.82 Å². The van der Waals surface area contributed by atoms with Crippen LogP contribution in [0.1, 0.15) is 24.1 Å². The summed E-state index contributed by atoms with van der Waals surface area (Å²) in [5.74, 6) is -0.411. The van der Waals surface area contributed by atoms with E-state index < -0.39 is 5.41 Å². The molecule has 0 radical (unpaired) electrons. The van der Waals surface area contributed by atoms with Crippen molar-refractivity contribution in [3.8, 4) is 0 Å². The van der Waals surface area contributed by atoms with Gasteiger partial charge in [-0.25, -0.2) is 4.39 Å². The number of nitrogens with zero attached hydrogens (tertiary/aromatic N) is 2. The molecule has 1 aromatic heterocycles. The zero-order valence-electron chi connectivity index (χ0n) is 13.4. The van der Waals surface area contributed by atoms with Crippen LogP contribution in [0.5, 0.6) is 0 Å². The second-order valence-electron chi connectivity index (χ2n) is 5.91. The monoisotopic (exact) mass is 329 g/mol. The molecule has 24 heavy (non-hydrogen) atoms. The number of carbonyl (C=O) groups is 1. The molecule has 0 spiro atoms. The lowest BCUT2D eigenvalue weighted by molar-refractivity contribution is -0.130. The number of aromatic nitrogens is 2. The van der Waals surface area contributed by atoms with Gasteiger partial charge in [0, 0.05) is 44.8 Å². The molecule has 1 fully saturated rings. The molecule has 2 heterocycles. The predicted molar refractivity (Wildman–Crippen MR) is 86.9 cm³/mol. The lowest BCUT2D eigenvalue weighted by atomic mass is 9.73. The molecular formula is C18H20FN3O2. The van der Waals surface area contributed by atoms with Crippen LogP contribution in [-0.4, -0.2) is 35.6 Å². The maximum Gasteiger partial charge on any atom is 0.230 e. The van der Waals surface area contributed by atoms with Gasteiger partial charge in [-0.05, 0) is 30.5 Å². The quantitative estimate of drug-likeness (QED) is 0.911. The number of benzene rings is 1. The van der Waals surface area contributed by atoms with Crippen LogP contribution in [0, 0.1) is 5.82 Å². The molecule has 126 valence electrons. The van der Waals surface area contributed by atoms with Crippen molar-refractivity contribution < 1.29 is 13.9 Å². The van der Waals surface area contributed by atoms with Crippen LogP contribution in [0.2, 0.25) is 0 Å². The highest BCUT2D eigenvalue weighted by atomic mass is 19.1. The maximum absolute atomic E-state index is 13.7. The molecule has 1 N–H and O–H groups in total. The molecular weight excluding hydrogens is 309 g/mol. The fraction of sp³-hybridized carbons (Fsp3) is 0.389. The van der Waals surface area contributed by atoms with Crippen LogP contribution in [0.4, 0.5) is 4.39 Å². The first-order chi connectivity index (χ1) is 11.7. The molecule has 1 amide bonds. The first-order valence-corrected chi connectivity index (χ1v) is 8.08. The zero-order chi connectivity index (χ0) is 16.8. The highest BCUT2D eigenvalue weighted by molar-refractivity contribution is 5.88. The van der Waals surface area contributed by atoms with Gasteiger partial charge in [-0.15, -0.1) is 0 Å². The summed E-state index contributed by atoms with van der Waals surface area (Å²) in [6.07, 6.45) is 6.63. The second kappa shape index (κ2) is 7.49. The summed E-state index contributed by atoms with van der Waals surface area (Å²) >= 11 is 0. The Morgan fingerprint density at radius 2 is 2.12 bits per heavy atom. The van der Waals surface area contributed by atoms with E-state index in [1.54, 1.807) is 24.7 Å². The molecule has 1 aliphatic heterocycles. The minimum Gasteiger partial charge on any atom is -0.381 e. The Kier molecular flexibility index (Phi) is 5.15. The van der Waals surface area contributed by atoms with Crippen LogP contribution >= 0.6 is 0 Å². The van der Waals surface area contributed by atoms with E-state index >= 15 is 0 Å². The third-order valence-corrected chi connectivity index (χ3v) is 4.44. The SMILES string of the molecule is O=C(NCCc1cnccn1)C1(c2cccc(F)c2)CCOCC1. The number of hydrogen-bond acceptors (Lipinski definition) is 4. The highest BCUT2D eigenvalue weighted by Gasteiger charge is 2.41. The van der Waals surface area contributed by atoms with Crippen LogP contribution in [0.25, 0.3) is 0 Å². The number of carbonyl (C=O) groups excluding carboxylic acids is 1. The van der Waals surface area contributed by atoms with Gasteiger partial charge in [0.05, 0.1) is 11.1 Å². The molecule has 0 atom stereocenters. The van der Waals surface area contributed by atoms with Crippen molar-refractivity contribution in [2.75, 3.05) is 19.8 Å². The lowest BCUT2D eigenvalue weighted by Crippen LogP contribution is -2.48. The Morgan fingerprint density at radius 1 is 1.29 bits per heavy atom. The van der Waals surface area contributed by atoms with Crippen LogP contribution in [0.3, 0.4) is 0 Å². The van der Waals surface area contributed by atoms with Crippen molar-refractivity contribution in [3.63, 3.8) is 0 Å². The first kappa shape index (κ1) is 16.5. The van der Waals surface area contributed by atoms with Gasteiger partial charge in [-0.3, -0.25) is 14.8 Å². The van der Waals surface area contributed by atoms with Crippen molar-refractivity contribution in [1.82, 2.24) is 15.3 Å². The Hall–Kier alpha value is -2.34. The van der Waals surface area contributed by atoms with Gasteiger partial charge >= 0.3 is 0 Å². The highest BCUT2D eigenvalue weighted by Crippen LogP contribution is 2.35. The van der Waals surface area contributed by atoms with E-state index in [1.807, 2.05) is 6.07 Å². The molecule has 0 saturated carbocycles. The average molecular weight is 329 g/mol. The second-order valence-corrected chi connectivity index (χ2v) is 5.91. The van der Waals surface area contributed by atoms with E-state index in [0.717, 1.165) is 5.69 Å². The minimum absolute atomic E-state index is 0.0831. The van der Waals surface area contributed by atoms with Gasteiger partial charge in [-0.2, -0.15) is 0 Å². The van der Waals surface area contributed by atoms with E-state index in [0.29, 0.717) is 44.6 Å². The number of ether oxygens (including phenoxy) is 1. The van der Waals surface area contributed by atoms with E-state index in [9.17, 15) is 9.18 Å². The van der Waals surface area contributed by atoms with Crippen molar-refractivity contribution >= 4 is 5.91 Å². The average Bonchev–Trinajstić information content (AvgIpc) is 2.63. The molecule has 5 nitrogen and oxygen atoms in total. The number of rotatable bonds is 5. The van der Waals surface area contributed by atoms with E-state index in [2.05, 4.69) is 15.3 Å². The maximum atomic E-state index is 13.7. The lowest BCUT2D eigenvalue weighted by Gasteiger charge is -2.36. The Balaban J connectivity index is 1.72. The predicted octanol–water partition coefficient (Wildman–Crippen LogP) is 2.02. The summed E-state index contributed by atoms with van der Waals surface area (Å²) in [6.45, 7) is 1.46. The molecule has 1 saturated heterocycles. The Labute approximate surface area is 140 Å². The van der Waals surface area contributed by atoms with E-state index in [4.69, 9.17) is 4.74 Å². The number of amides is 1. The number of halogens is 1. The standard InChI is InChI=1S/C18H20FN3O2/c19-15-3-1-2-14(12-15)18(5-10-24-11-6-18)17(23)22-7-4-16-13-20-8-9-21-16/h1-3,8-9,12-13H,4-7,10-11H2,(H,22,23). The summed E-state index contributed by atoms with van der Waals surface area (Å²) in [5, 5.41) is 2.97. The Bertz CT molecular complexity index is 688. The summed E-state index contributed by atoms with van der Waals surface area (Å²) in [6, 6.07) is 6.31. The minimum atomic E-state index is -0.733. The summed E-state index contributed by atoms with van der Waals surface area (Å²) < 4.78 is 19.1. The van der Waals surface area contributed by atoms with Crippen LogP contribution in [0.15, 0.2) is 42.9 Å². The number of hydrogen-bond donors (Lipinski definition) is 1. The van der Waals surface area contributed by atoms with E-state index in [-0.39, 0.29) is 11.7 Å². The van der Waals surface area contributed by atoms with Crippen molar-refractivity contribution in [2.45, 2.75) is 24.7 Å². The fourth-order valence-electron chi connectivity index (χ4n) is 3.09. The topological polar surface area (TPSA) is 64.1 Å². The first-order valence-electron chi connectivity index (χ1n) is 8.08. The van der Waals surface area contributed by atoms with Gasteiger partial charge in [0.2, 0.25) is 5.91 Å². The third kappa shape index (κ3) is 3.59. The van der Waals surface area contributed by atoms with Crippen molar-refractivity contribution in [1.29, 1.82) is 0 Å². The molecule has 0 aliphatic carbocycles. The third-order valence-electron chi connectivity index (χ3n) is 4.44. The van der Waals surface area contributed by atoms with Crippen LogP contribution < -0.4 is 5.32 Å². The van der Waals surface area contributed by atoms with Gasteiger partial charge < -0.3 is 10.1 Å². The molecule has 2 aromatic rings. The van der Waals surface area contributed by atoms with Crippen LogP contribution in [-0.2, 0) is 21.4 Å². The summed E-state index contributed by atoms with van der Waals surface area (Å²) in [5.41, 5.74) is 0.801. The Morgan fingerprint density at radius 3 is 2.83 bits per heavy atom. The molecule has 3 rings (SSSR count). The largest absolute Gasteiger partial charge is 0.381 e. The van der Waals surface area contributed by atoms with Gasteiger partial charge in [-0.1, -0.05) is 12.1 Å². The summed E-state index contributed by atoms with van der Waals surface area (Å²) in [4.78, 5) is 21.1. The molecule has 1 aromatic carbocycles. The summed E-state index contributed by atoms with van der Waals surface area (Å²) in [7, 11) is 0. The molecule has 1 aliphatic rings. The smallest absolute Gasteiger partial charge is 0.230 e.